The monoisotopic (exact) mass is 539 g/mol. The summed E-state index contributed by atoms with van der Waals surface area (Å²) in [6.07, 6.45) is 1.46. The van der Waals surface area contributed by atoms with Crippen LogP contribution in [-0.2, 0) is 0 Å². The number of amides is 2. The Morgan fingerprint density at radius 3 is 2.27 bits per heavy atom. The van der Waals surface area contributed by atoms with Crippen molar-refractivity contribution in [2.75, 3.05) is 47.5 Å². The second kappa shape index (κ2) is 11.2. The number of anilines is 6. The van der Waals surface area contributed by atoms with E-state index in [1.807, 2.05) is 45.2 Å². The van der Waals surface area contributed by atoms with Gasteiger partial charge in [0.25, 0.3) is 11.8 Å². The molecule has 1 aliphatic heterocycles. The summed E-state index contributed by atoms with van der Waals surface area (Å²) in [6.45, 7) is 4.01. The van der Waals surface area contributed by atoms with Crippen LogP contribution >= 0.6 is 0 Å². The summed E-state index contributed by atoms with van der Waals surface area (Å²) >= 11 is 0. The average molecular weight is 540 g/mol. The van der Waals surface area contributed by atoms with Crippen LogP contribution in [0.4, 0.5) is 34.5 Å². The maximum Gasteiger partial charge on any atom is 0.261 e. The molecular formula is C29H29N7O4. The Hall–Kier alpha value is -5.32. The van der Waals surface area contributed by atoms with Crippen LogP contribution < -0.4 is 36.1 Å². The van der Waals surface area contributed by atoms with Gasteiger partial charge in [0, 0.05) is 48.6 Å². The van der Waals surface area contributed by atoms with Gasteiger partial charge in [-0.15, -0.1) is 0 Å². The number of aromatic nitrogens is 2. The van der Waals surface area contributed by atoms with Gasteiger partial charge < -0.3 is 36.1 Å². The summed E-state index contributed by atoms with van der Waals surface area (Å²) in [6, 6.07) is 16.1. The first-order chi connectivity index (χ1) is 19.3. The Morgan fingerprint density at radius 2 is 1.50 bits per heavy atom. The number of rotatable bonds is 8. The molecule has 4 aromatic rings. The van der Waals surface area contributed by atoms with E-state index in [4.69, 9.17) is 9.47 Å². The number of hydrogen-bond donors (Lipinski definition) is 5. The number of benzene rings is 3. The fourth-order valence-electron chi connectivity index (χ4n) is 4.16. The molecule has 0 bridgehead atoms. The van der Waals surface area contributed by atoms with Crippen molar-refractivity contribution in [2.24, 2.45) is 0 Å². The maximum atomic E-state index is 13.2. The van der Waals surface area contributed by atoms with Crippen molar-refractivity contribution in [2.45, 2.75) is 13.8 Å². The number of ether oxygens (including phenoxy) is 2. The molecule has 5 rings (SSSR count). The van der Waals surface area contributed by atoms with Gasteiger partial charge in [0.2, 0.25) is 12.7 Å². The molecule has 0 unspecified atom stereocenters. The molecule has 11 nitrogen and oxygen atoms in total. The summed E-state index contributed by atoms with van der Waals surface area (Å²) in [5.74, 6) is 1.12. The van der Waals surface area contributed by atoms with Gasteiger partial charge in [0.15, 0.2) is 11.5 Å². The second-order valence-electron chi connectivity index (χ2n) is 9.12. The minimum Gasteiger partial charge on any atom is -0.454 e. The number of carbonyl (C=O) groups is 2. The van der Waals surface area contributed by atoms with Gasteiger partial charge in [-0.05, 0) is 67.4 Å². The zero-order valence-corrected chi connectivity index (χ0v) is 22.5. The molecular weight excluding hydrogens is 510 g/mol. The summed E-state index contributed by atoms with van der Waals surface area (Å²) in [4.78, 5) is 34.9. The van der Waals surface area contributed by atoms with Crippen LogP contribution in [0.3, 0.4) is 0 Å². The molecule has 0 fully saturated rings. The Kier molecular flexibility index (Phi) is 7.36. The third-order valence-electron chi connectivity index (χ3n) is 6.41. The minimum absolute atomic E-state index is 0.130. The maximum absolute atomic E-state index is 13.2. The van der Waals surface area contributed by atoms with Crippen LogP contribution in [0.2, 0.25) is 0 Å². The van der Waals surface area contributed by atoms with Crippen LogP contribution in [0, 0.1) is 13.8 Å². The summed E-state index contributed by atoms with van der Waals surface area (Å²) in [5, 5.41) is 15.0. The van der Waals surface area contributed by atoms with Gasteiger partial charge in [0.05, 0.1) is 0 Å². The molecule has 204 valence electrons. The average Bonchev–Trinajstić information content (AvgIpc) is 3.44. The molecule has 0 aliphatic carbocycles. The lowest BCUT2D eigenvalue weighted by Crippen LogP contribution is -2.17. The SMILES string of the molecule is CNc1cc(Nc2ncc(C(=O)Nc3cc(NC(=O)c4ccc5c(c4)OCO5)ccc3C)c(NC)n2)ccc1C. The van der Waals surface area contributed by atoms with E-state index in [9.17, 15) is 9.59 Å². The summed E-state index contributed by atoms with van der Waals surface area (Å²) in [7, 11) is 3.55. The lowest BCUT2D eigenvalue weighted by Gasteiger charge is -2.14. The predicted octanol–water partition coefficient (Wildman–Crippen LogP) is 5.15. The van der Waals surface area contributed by atoms with Crippen LogP contribution in [0.5, 0.6) is 11.5 Å². The van der Waals surface area contributed by atoms with E-state index in [-0.39, 0.29) is 18.3 Å². The molecule has 3 aromatic carbocycles. The van der Waals surface area contributed by atoms with E-state index in [1.165, 1.54) is 6.20 Å². The fourth-order valence-corrected chi connectivity index (χ4v) is 4.16. The quantitative estimate of drug-likeness (QED) is 0.206. The second-order valence-corrected chi connectivity index (χ2v) is 9.12. The topological polar surface area (TPSA) is 139 Å². The highest BCUT2D eigenvalue weighted by Gasteiger charge is 2.18. The van der Waals surface area contributed by atoms with Crippen molar-refractivity contribution in [3.05, 3.63) is 83.0 Å². The van der Waals surface area contributed by atoms with E-state index in [0.717, 1.165) is 22.5 Å². The molecule has 5 N–H and O–H groups in total. The highest BCUT2D eigenvalue weighted by Crippen LogP contribution is 2.33. The van der Waals surface area contributed by atoms with E-state index >= 15 is 0 Å². The number of aryl methyl sites for hydroxylation is 2. The standard InChI is InChI=1S/C29H29N7O4/c1-16-5-9-20(12-22(16)30-3)34-29-32-14-21(26(31-4)36-29)28(38)35-23-13-19(8-6-17(23)2)33-27(37)18-7-10-24-25(11-18)40-15-39-24/h5-14,30H,15H2,1-4H3,(H,33,37)(H,35,38)(H2,31,32,34,36). The number of carbonyl (C=O) groups excluding carboxylic acids is 2. The first kappa shape index (κ1) is 26.3. The number of nitrogens with zero attached hydrogens (tertiary/aromatic N) is 2. The Labute approximate surface area is 231 Å². The van der Waals surface area contributed by atoms with Gasteiger partial charge in [0.1, 0.15) is 11.4 Å². The third-order valence-corrected chi connectivity index (χ3v) is 6.41. The molecule has 1 aromatic heterocycles. The number of fused-ring (bicyclic) bond motifs is 1. The van der Waals surface area contributed by atoms with Crippen molar-refractivity contribution >= 4 is 46.3 Å². The van der Waals surface area contributed by atoms with Gasteiger partial charge in [-0.3, -0.25) is 9.59 Å². The van der Waals surface area contributed by atoms with Crippen molar-refractivity contribution in [1.29, 1.82) is 0 Å². The van der Waals surface area contributed by atoms with Crippen molar-refractivity contribution in [3.8, 4) is 11.5 Å². The zero-order chi connectivity index (χ0) is 28.2. The third kappa shape index (κ3) is 5.58. The summed E-state index contributed by atoms with van der Waals surface area (Å²) in [5.41, 5.74) is 5.48. The van der Waals surface area contributed by atoms with Crippen molar-refractivity contribution in [3.63, 3.8) is 0 Å². The minimum atomic E-state index is -0.397. The zero-order valence-electron chi connectivity index (χ0n) is 22.5. The van der Waals surface area contributed by atoms with E-state index in [0.29, 0.717) is 40.2 Å². The van der Waals surface area contributed by atoms with Crippen molar-refractivity contribution < 1.29 is 19.1 Å². The Morgan fingerprint density at radius 1 is 0.775 bits per heavy atom. The molecule has 0 saturated heterocycles. The molecule has 0 radical (unpaired) electrons. The molecule has 2 amide bonds. The van der Waals surface area contributed by atoms with Crippen LogP contribution in [-0.4, -0.2) is 42.7 Å². The van der Waals surface area contributed by atoms with E-state index in [2.05, 4.69) is 36.6 Å². The van der Waals surface area contributed by atoms with E-state index in [1.54, 1.807) is 37.4 Å². The molecule has 0 atom stereocenters. The lowest BCUT2D eigenvalue weighted by molar-refractivity contribution is 0.101. The van der Waals surface area contributed by atoms with Gasteiger partial charge >= 0.3 is 0 Å². The normalized spacial score (nSPS) is 11.5. The lowest BCUT2D eigenvalue weighted by atomic mass is 10.1. The molecule has 1 aliphatic rings. The Balaban J connectivity index is 1.30. The largest absolute Gasteiger partial charge is 0.454 e. The van der Waals surface area contributed by atoms with Gasteiger partial charge in [-0.1, -0.05) is 12.1 Å². The van der Waals surface area contributed by atoms with Gasteiger partial charge in [-0.2, -0.15) is 4.98 Å². The number of nitrogens with one attached hydrogen (secondary N) is 5. The smallest absolute Gasteiger partial charge is 0.261 e. The van der Waals surface area contributed by atoms with Crippen molar-refractivity contribution in [1.82, 2.24) is 9.97 Å². The first-order valence-electron chi connectivity index (χ1n) is 12.6. The molecule has 40 heavy (non-hydrogen) atoms. The molecule has 0 spiro atoms. The van der Waals surface area contributed by atoms with E-state index < -0.39 is 5.91 Å². The molecule has 11 heteroatoms. The molecule has 2 heterocycles. The summed E-state index contributed by atoms with van der Waals surface area (Å²) < 4.78 is 10.7. The molecule has 0 saturated carbocycles. The Bertz CT molecular complexity index is 1610. The first-order valence-corrected chi connectivity index (χ1v) is 12.6. The fraction of sp³-hybridized carbons (Fsp3) is 0.172. The van der Waals surface area contributed by atoms with Crippen LogP contribution in [0.15, 0.2) is 60.8 Å². The van der Waals surface area contributed by atoms with Crippen LogP contribution in [0.1, 0.15) is 31.8 Å². The van der Waals surface area contributed by atoms with Gasteiger partial charge in [-0.25, -0.2) is 4.98 Å². The van der Waals surface area contributed by atoms with Crippen LogP contribution in [0.25, 0.3) is 0 Å². The predicted molar refractivity (Wildman–Crippen MR) is 155 cm³/mol. The highest BCUT2D eigenvalue weighted by atomic mass is 16.7. The number of hydrogen-bond acceptors (Lipinski definition) is 9. The highest BCUT2D eigenvalue weighted by molar-refractivity contribution is 6.09.